The summed E-state index contributed by atoms with van der Waals surface area (Å²) in [7, 11) is 0. The van der Waals surface area contributed by atoms with Crippen LogP contribution in [0.25, 0.3) is 0 Å². The van der Waals surface area contributed by atoms with Crippen LogP contribution < -0.4 is 15.0 Å². The van der Waals surface area contributed by atoms with Crippen molar-refractivity contribution in [2.45, 2.75) is 25.8 Å². The van der Waals surface area contributed by atoms with Gasteiger partial charge in [-0.05, 0) is 44.0 Å². The van der Waals surface area contributed by atoms with Crippen molar-refractivity contribution in [3.8, 4) is 5.75 Å². The molecule has 2 aromatic carbocycles. The molecule has 0 aliphatic carbocycles. The molecule has 1 aliphatic heterocycles. The van der Waals surface area contributed by atoms with Crippen molar-refractivity contribution >= 4 is 11.4 Å². The minimum Gasteiger partial charge on any atom is -0.494 e. The number of benzene rings is 2. The lowest BCUT2D eigenvalue weighted by Gasteiger charge is -2.37. The second-order valence-electron chi connectivity index (χ2n) is 5.81. The van der Waals surface area contributed by atoms with Gasteiger partial charge in [-0.25, -0.2) is 0 Å². The van der Waals surface area contributed by atoms with Gasteiger partial charge in [0.2, 0.25) is 0 Å². The van der Waals surface area contributed by atoms with Gasteiger partial charge in [-0.2, -0.15) is 0 Å². The number of nitrogens with zero attached hydrogens (tertiary/aromatic N) is 1. The lowest BCUT2D eigenvalue weighted by molar-refractivity contribution is 0.306. The number of hydrogen-bond donors (Lipinski definition) is 1. The van der Waals surface area contributed by atoms with Gasteiger partial charge in [-0.3, -0.25) is 0 Å². The van der Waals surface area contributed by atoms with Crippen LogP contribution in [0.2, 0.25) is 0 Å². The van der Waals surface area contributed by atoms with Crippen LogP contribution in [0.15, 0.2) is 54.6 Å². The molecule has 1 heterocycles. The van der Waals surface area contributed by atoms with E-state index in [9.17, 15) is 0 Å². The summed E-state index contributed by atoms with van der Waals surface area (Å²) in [6, 6.07) is 19.1. The van der Waals surface area contributed by atoms with Gasteiger partial charge in [0, 0.05) is 19.1 Å². The number of ether oxygens (including phenoxy) is 1. The van der Waals surface area contributed by atoms with Gasteiger partial charge in [-0.15, -0.1) is 0 Å². The number of nitrogens with one attached hydrogen (secondary N) is 1. The van der Waals surface area contributed by atoms with E-state index in [0.29, 0.717) is 6.04 Å². The number of rotatable bonds is 6. The summed E-state index contributed by atoms with van der Waals surface area (Å²) in [4.78, 5) is 2.51. The molecule has 0 bridgehead atoms. The lowest BCUT2D eigenvalue weighted by Crippen LogP contribution is -2.42. The van der Waals surface area contributed by atoms with Crippen LogP contribution in [0.5, 0.6) is 5.75 Å². The Morgan fingerprint density at radius 2 is 1.82 bits per heavy atom. The molecule has 0 aromatic heterocycles. The SMILES string of the molecule is CC1CNc2ccccc2N1CCCCOc1ccccc1. The molecular weight excluding hydrogens is 272 g/mol. The van der Waals surface area contributed by atoms with Crippen LogP contribution in [0, 0.1) is 0 Å². The quantitative estimate of drug-likeness (QED) is 0.810. The van der Waals surface area contributed by atoms with Crippen molar-refractivity contribution in [2.75, 3.05) is 29.9 Å². The zero-order valence-corrected chi connectivity index (χ0v) is 13.2. The van der Waals surface area contributed by atoms with Crippen LogP contribution in [-0.2, 0) is 0 Å². The molecule has 0 amide bonds. The Hall–Kier alpha value is -2.16. The lowest BCUT2D eigenvalue weighted by atomic mass is 10.1. The maximum absolute atomic E-state index is 5.76. The van der Waals surface area contributed by atoms with E-state index in [2.05, 4.69) is 41.4 Å². The first-order valence-corrected chi connectivity index (χ1v) is 8.12. The fraction of sp³-hybridized carbons (Fsp3) is 0.368. The fourth-order valence-corrected chi connectivity index (χ4v) is 2.91. The third kappa shape index (κ3) is 3.53. The molecule has 22 heavy (non-hydrogen) atoms. The average Bonchev–Trinajstić information content (AvgIpc) is 2.57. The molecule has 0 radical (unpaired) electrons. The molecular formula is C19H24N2O. The number of para-hydroxylation sites is 3. The second kappa shape index (κ2) is 7.21. The summed E-state index contributed by atoms with van der Waals surface area (Å²) in [5.41, 5.74) is 2.58. The Balaban J connectivity index is 1.47. The van der Waals surface area contributed by atoms with Crippen molar-refractivity contribution in [3.05, 3.63) is 54.6 Å². The molecule has 116 valence electrons. The molecule has 1 unspecified atom stereocenters. The Bertz CT molecular complexity index is 585. The normalized spacial score (nSPS) is 16.8. The number of unbranched alkanes of at least 4 members (excludes halogenated alkanes) is 1. The van der Waals surface area contributed by atoms with E-state index in [1.807, 2.05) is 30.3 Å². The monoisotopic (exact) mass is 296 g/mol. The Labute approximate surface area is 132 Å². The first-order chi connectivity index (χ1) is 10.8. The fourth-order valence-electron chi connectivity index (χ4n) is 2.91. The maximum atomic E-state index is 5.76. The van der Waals surface area contributed by atoms with E-state index in [1.54, 1.807) is 0 Å². The predicted octanol–water partition coefficient (Wildman–Crippen LogP) is 4.17. The highest BCUT2D eigenvalue weighted by Gasteiger charge is 2.21. The molecule has 0 fully saturated rings. The van der Waals surface area contributed by atoms with Gasteiger partial charge in [0.25, 0.3) is 0 Å². The third-order valence-electron chi connectivity index (χ3n) is 4.14. The molecule has 0 saturated heterocycles. The highest BCUT2D eigenvalue weighted by Crippen LogP contribution is 2.31. The molecule has 1 atom stereocenters. The Kier molecular flexibility index (Phi) is 4.84. The number of hydrogen-bond acceptors (Lipinski definition) is 3. The topological polar surface area (TPSA) is 24.5 Å². The van der Waals surface area contributed by atoms with Crippen molar-refractivity contribution in [1.82, 2.24) is 0 Å². The van der Waals surface area contributed by atoms with Gasteiger partial charge in [0.05, 0.1) is 18.0 Å². The first kappa shape index (κ1) is 14.8. The summed E-state index contributed by atoms with van der Waals surface area (Å²) in [5, 5.41) is 3.50. The zero-order chi connectivity index (χ0) is 15.2. The highest BCUT2D eigenvalue weighted by molar-refractivity contribution is 5.72. The molecule has 3 nitrogen and oxygen atoms in total. The van der Waals surface area contributed by atoms with Crippen LogP contribution in [0.1, 0.15) is 19.8 Å². The summed E-state index contributed by atoms with van der Waals surface area (Å²) >= 11 is 0. The van der Waals surface area contributed by atoms with Gasteiger partial charge in [0.1, 0.15) is 5.75 Å². The van der Waals surface area contributed by atoms with Gasteiger partial charge >= 0.3 is 0 Å². The predicted molar refractivity (Wildman–Crippen MR) is 92.9 cm³/mol. The molecule has 0 saturated carbocycles. The van der Waals surface area contributed by atoms with Crippen molar-refractivity contribution in [2.24, 2.45) is 0 Å². The number of anilines is 2. The summed E-state index contributed by atoms with van der Waals surface area (Å²) in [5.74, 6) is 0.961. The van der Waals surface area contributed by atoms with Crippen LogP contribution in [0.4, 0.5) is 11.4 Å². The van der Waals surface area contributed by atoms with E-state index in [1.165, 1.54) is 11.4 Å². The minimum atomic E-state index is 0.532. The third-order valence-corrected chi connectivity index (χ3v) is 4.14. The first-order valence-electron chi connectivity index (χ1n) is 8.12. The van der Waals surface area contributed by atoms with E-state index < -0.39 is 0 Å². The average molecular weight is 296 g/mol. The van der Waals surface area contributed by atoms with E-state index in [4.69, 9.17) is 4.74 Å². The van der Waals surface area contributed by atoms with Crippen molar-refractivity contribution in [1.29, 1.82) is 0 Å². The van der Waals surface area contributed by atoms with E-state index >= 15 is 0 Å². The molecule has 2 aromatic rings. The van der Waals surface area contributed by atoms with Gasteiger partial charge in [-0.1, -0.05) is 30.3 Å². The van der Waals surface area contributed by atoms with Crippen molar-refractivity contribution < 1.29 is 4.74 Å². The zero-order valence-electron chi connectivity index (χ0n) is 13.2. The Morgan fingerprint density at radius 3 is 2.68 bits per heavy atom. The highest BCUT2D eigenvalue weighted by atomic mass is 16.5. The number of fused-ring (bicyclic) bond motifs is 1. The second-order valence-corrected chi connectivity index (χ2v) is 5.81. The molecule has 3 rings (SSSR count). The standard InChI is InChI=1S/C19H24N2O/c1-16-15-20-18-11-5-6-12-19(18)21(16)13-7-8-14-22-17-9-3-2-4-10-17/h2-6,9-12,16,20H,7-8,13-15H2,1H3. The molecule has 0 spiro atoms. The van der Waals surface area contributed by atoms with Gasteiger partial charge in [0.15, 0.2) is 0 Å². The summed E-state index contributed by atoms with van der Waals surface area (Å²) in [6.45, 7) is 5.16. The van der Waals surface area contributed by atoms with E-state index in [-0.39, 0.29) is 0 Å². The molecule has 1 N–H and O–H groups in total. The van der Waals surface area contributed by atoms with Gasteiger partial charge < -0.3 is 15.0 Å². The maximum Gasteiger partial charge on any atom is 0.119 e. The largest absolute Gasteiger partial charge is 0.494 e. The van der Waals surface area contributed by atoms with Crippen molar-refractivity contribution in [3.63, 3.8) is 0 Å². The van der Waals surface area contributed by atoms with Crippen LogP contribution >= 0.6 is 0 Å². The molecule has 1 aliphatic rings. The van der Waals surface area contributed by atoms with Crippen LogP contribution in [0.3, 0.4) is 0 Å². The smallest absolute Gasteiger partial charge is 0.119 e. The Morgan fingerprint density at radius 1 is 1.05 bits per heavy atom. The van der Waals surface area contributed by atoms with E-state index in [0.717, 1.165) is 38.3 Å². The summed E-state index contributed by atoms with van der Waals surface area (Å²) in [6.07, 6.45) is 2.22. The van der Waals surface area contributed by atoms with Crippen LogP contribution in [-0.4, -0.2) is 25.7 Å². The molecule has 3 heteroatoms. The minimum absolute atomic E-state index is 0.532. The summed E-state index contributed by atoms with van der Waals surface area (Å²) < 4.78 is 5.76.